The number of nitrogen functional groups attached to an aromatic ring is 1. The highest BCUT2D eigenvalue weighted by atomic mass is 32.2. The van der Waals surface area contributed by atoms with Crippen molar-refractivity contribution in [3.8, 4) is 6.07 Å². The average molecular weight is 228 g/mol. The van der Waals surface area contributed by atoms with Crippen molar-refractivity contribution in [1.29, 1.82) is 5.26 Å². The summed E-state index contributed by atoms with van der Waals surface area (Å²) in [6, 6.07) is 9.08. The molecule has 2 aromatic rings. The van der Waals surface area contributed by atoms with Crippen LogP contribution in [-0.4, -0.2) is 9.97 Å². The largest absolute Gasteiger partial charge is 0.397 e. The highest BCUT2D eigenvalue weighted by Crippen LogP contribution is 2.28. The Bertz CT molecular complexity index is 530. The number of pyridine rings is 2. The van der Waals surface area contributed by atoms with E-state index in [4.69, 9.17) is 11.0 Å². The van der Waals surface area contributed by atoms with Crippen LogP contribution in [0.4, 0.5) is 5.69 Å². The molecule has 0 amide bonds. The smallest absolute Gasteiger partial charge is 0.125 e. The molecule has 16 heavy (non-hydrogen) atoms. The number of hydrogen-bond donors (Lipinski definition) is 1. The lowest BCUT2D eigenvalue weighted by atomic mass is 10.3. The second-order valence-corrected chi connectivity index (χ2v) is 4.01. The molecule has 0 radical (unpaired) electrons. The fraction of sp³-hybridized carbons (Fsp3) is 0. The molecule has 0 aliphatic rings. The van der Waals surface area contributed by atoms with Gasteiger partial charge < -0.3 is 5.73 Å². The van der Waals surface area contributed by atoms with E-state index >= 15 is 0 Å². The molecule has 0 spiro atoms. The molecular formula is C11H8N4S. The van der Waals surface area contributed by atoms with Crippen LogP contribution >= 0.6 is 11.8 Å². The molecule has 2 N–H and O–H groups in total. The molecule has 0 fully saturated rings. The van der Waals surface area contributed by atoms with Crippen LogP contribution in [0, 0.1) is 11.3 Å². The van der Waals surface area contributed by atoms with Crippen molar-refractivity contribution < 1.29 is 0 Å². The van der Waals surface area contributed by atoms with Gasteiger partial charge in [0.25, 0.3) is 0 Å². The molecule has 2 aromatic heterocycles. The highest BCUT2D eigenvalue weighted by Gasteiger charge is 2.03. The van der Waals surface area contributed by atoms with Gasteiger partial charge in [0.1, 0.15) is 16.1 Å². The molecule has 0 aliphatic heterocycles. The molecule has 0 saturated carbocycles. The van der Waals surface area contributed by atoms with E-state index in [-0.39, 0.29) is 0 Å². The number of hydrogen-bond acceptors (Lipinski definition) is 5. The molecule has 4 nitrogen and oxygen atoms in total. The number of rotatable bonds is 2. The van der Waals surface area contributed by atoms with Crippen LogP contribution in [0.3, 0.4) is 0 Å². The SMILES string of the molecule is N#Cc1ccc(Sc2ncccc2N)nc1. The van der Waals surface area contributed by atoms with E-state index in [1.807, 2.05) is 6.07 Å². The molecule has 0 aliphatic carbocycles. The zero-order valence-corrected chi connectivity index (χ0v) is 9.11. The molecule has 0 atom stereocenters. The van der Waals surface area contributed by atoms with E-state index in [0.717, 1.165) is 10.1 Å². The summed E-state index contributed by atoms with van der Waals surface area (Å²) in [6.45, 7) is 0. The van der Waals surface area contributed by atoms with Crippen molar-refractivity contribution in [2.24, 2.45) is 0 Å². The van der Waals surface area contributed by atoms with Crippen LogP contribution in [0.5, 0.6) is 0 Å². The highest BCUT2D eigenvalue weighted by molar-refractivity contribution is 7.99. The minimum absolute atomic E-state index is 0.540. The lowest BCUT2D eigenvalue weighted by molar-refractivity contribution is 1.09. The Kier molecular flexibility index (Phi) is 3.03. The quantitative estimate of drug-likeness (QED) is 0.851. The average Bonchev–Trinajstić information content (AvgIpc) is 2.33. The zero-order valence-electron chi connectivity index (χ0n) is 8.29. The Morgan fingerprint density at radius 3 is 2.75 bits per heavy atom. The van der Waals surface area contributed by atoms with Crippen molar-refractivity contribution in [2.45, 2.75) is 10.1 Å². The van der Waals surface area contributed by atoms with Crippen LogP contribution < -0.4 is 5.73 Å². The first-order valence-electron chi connectivity index (χ1n) is 4.54. The van der Waals surface area contributed by atoms with E-state index in [9.17, 15) is 0 Å². The third-order valence-electron chi connectivity index (χ3n) is 1.87. The standard InChI is InChI=1S/C11H8N4S/c12-6-8-3-4-10(15-7-8)16-11-9(13)2-1-5-14-11/h1-5,7H,13H2. The van der Waals surface area contributed by atoms with Gasteiger partial charge >= 0.3 is 0 Å². The van der Waals surface area contributed by atoms with Gasteiger partial charge in [0.2, 0.25) is 0 Å². The predicted octanol–water partition coefficient (Wildman–Crippen LogP) is 2.08. The van der Waals surface area contributed by atoms with Gasteiger partial charge in [0, 0.05) is 12.4 Å². The minimum atomic E-state index is 0.540. The van der Waals surface area contributed by atoms with Gasteiger partial charge in [-0.3, -0.25) is 0 Å². The summed E-state index contributed by atoms with van der Waals surface area (Å²) in [4.78, 5) is 8.28. The van der Waals surface area contributed by atoms with E-state index in [0.29, 0.717) is 11.3 Å². The number of nitriles is 1. The van der Waals surface area contributed by atoms with Crippen molar-refractivity contribution in [3.63, 3.8) is 0 Å². The Balaban J connectivity index is 2.22. The first-order valence-corrected chi connectivity index (χ1v) is 5.36. The van der Waals surface area contributed by atoms with Gasteiger partial charge in [-0.2, -0.15) is 5.26 Å². The molecule has 2 heterocycles. The van der Waals surface area contributed by atoms with E-state index < -0.39 is 0 Å². The van der Waals surface area contributed by atoms with Crippen molar-refractivity contribution in [1.82, 2.24) is 9.97 Å². The Morgan fingerprint density at radius 1 is 1.25 bits per heavy atom. The minimum Gasteiger partial charge on any atom is -0.397 e. The van der Waals surface area contributed by atoms with Crippen LogP contribution in [0.25, 0.3) is 0 Å². The van der Waals surface area contributed by atoms with Gasteiger partial charge in [-0.15, -0.1) is 0 Å². The van der Waals surface area contributed by atoms with Gasteiger partial charge in [-0.25, -0.2) is 9.97 Å². The fourth-order valence-corrected chi connectivity index (χ4v) is 1.83. The molecule has 2 rings (SSSR count). The van der Waals surface area contributed by atoms with Crippen LogP contribution in [-0.2, 0) is 0 Å². The molecule has 0 aromatic carbocycles. The Labute approximate surface area is 97.1 Å². The maximum absolute atomic E-state index is 8.63. The maximum atomic E-state index is 8.63. The maximum Gasteiger partial charge on any atom is 0.125 e. The van der Waals surface area contributed by atoms with Gasteiger partial charge in [0.05, 0.1) is 11.3 Å². The summed E-state index contributed by atoms with van der Waals surface area (Å²) in [6.07, 6.45) is 3.21. The molecule has 78 valence electrons. The number of anilines is 1. The lowest BCUT2D eigenvalue weighted by Gasteiger charge is -2.02. The first kappa shape index (κ1) is 10.5. The molecular weight excluding hydrogens is 220 g/mol. The zero-order chi connectivity index (χ0) is 11.4. The van der Waals surface area contributed by atoms with Crippen LogP contribution in [0.2, 0.25) is 0 Å². The second-order valence-electron chi connectivity index (χ2n) is 3.00. The molecule has 5 heteroatoms. The van der Waals surface area contributed by atoms with Crippen molar-refractivity contribution in [3.05, 3.63) is 42.2 Å². The van der Waals surface area contributed by atoms with Gasteiger partial charge in [-0.05, 0) is 36.0 Å². The summed E-state index contributed by atoms with van der Waals surface area (Å²) < 4.78 is 0. The van der Waals surface area contributed by atoms with E-state index in [2.05, 4.69) is 9.97 Å². The summed E-state index contributed by atoms with van der Waals surface area (Å²) >= 11 is 1.38. The summed E-state index contributed by atoms with van der Waals surface area (Å²) in [5.41, 5.74) is 6.92. The third-order valence-corrected chi connectivity index (χ3v) is 2.85. The summed E-state index contributed by atoms with van der Waals surface area (Å²) in [5.74, 6) is 0. The monoisotopic (exact) mass is 228 g/mol. The molecule has 0 bridgehead atoms. The molecule has 0 saturated heterocycles. The van der Waals surface area contributed by atoms with E-state index in [1.54, 1.807) is 30.5 Å². The Morgan fingerprint density at radius 2 is 2.12 bits per heavy atom. The molecule has 0 unspecified atom stereocenters. The van der Waals surface area contributed by atoms with E-state index in [1.165, 1.54) is 18.0 Å². The summed E-state index contributed by atoms with van der Waals surface area (Å²) in [5, 5.41) is 10.1. The number of nitrogens with zero attached hydrogens (tertiary/aromatic N) is 3. The fourth-order valence-electron chi connectivity index (χ4n) is 1.09. The summed E-state index contributed by atoms with van der Waals surface area (Å²) in [7, 11) is 0. The van der Waals surface area contributed by atoms with Crippen LogP contribution in [0.1, 0.15) is 5.56 Å². The van der Waals surface area contributed by atoms with Gasteiger partial charge in [-0.1, -0.05) is 0 Å². The third kappa shape index (κ3) is 2.30. The van der Waals surface area contributed by atoms with Crippen LogP contribution in [0.15, 0.2) is 46.7 Å². The number of aromatic nitrogens is 2. The van der Waals surface area contributed by atoms with Gasteiger partial charge in [0.15, 0.2) is 0 Å². The normalized spacial score (nSPS) is 9.69. The lowest BCUT2D eigenvalue weighted by Crippen LogP contribution is -1.91. The Hall–Kier alpha value is -2.06. The second kappa shape index (κ2) is 4.64. The topological polar surface area (TPSA) is 75.6 Å². The number of nitrogens with two attached hydrogens (primary N) is 1. The van der Waals surface area contributed by atoms with Crippen molar-refractivity contribution >= 4 is 17.4 Å². The predicted molar refractivity (Wildman–Crippen MR) is 61.7 cm³/mol. The van der Waals surface area contributed by atoms with Crippen molar-refractivity contribution in [2.75, 3.05) is 5.73 Å². The first-order chi connectivity index (χ1) is 7.79.